The van der Waals surface area contributed by atoms with Gasteiger partial charge in [-0.15, -0.1) is 0 Å². The monoisotopic (exact) mass is 432 g/mol. The minimum absolute atomic E-state index is 0.105. The third kappa shape index (κ3) is 4.97. The lowest BCUT2D eigenvalue weighted by Crippen LogP contribution is -2.69. The average Bonchev–Trinajstić information content (AvgIpc) is 2.63. The summed E-state index contributed by atoms with van der Waals surface area (Å²) in [5.74, 6) is -3.99. The zero-order valence-electron chi connectivity index (χ0n) is 15.4. The van der Waals surface area contributed by atoms with E-state index in [1.165, 1.54) is 25.1 Å². The molecular formula is C19H17ClF4N2O3. The van der Waals surface area contributed by atoms with Gasteiger partial charge in [0.1, 0.15) is 5.82 Å². The summed E-state index contributed by atoms with van der Waals surface area (Å²) >= 11 is 5.55. The van der Waals surface area contributed by atoms with Crippen molar-refractivity contribution in [1.82, 2.24) is 5.32 Å². The Labute approximate surface area is 169 Å². The highest BCUT2D eigenvalue weighted by Gasteiger charge is 2.63. The second kappa shape index (κ2) is 8.69. The third-order valence-electron chi connectivity index (χ3n) is 3.84. The number of amides is 1. The highest BCUT2D eigenvalue weighted by atomic mass is 35.5. The molecule has 0 fully saturated rings. The minimum atomic E-state index is -5.34. The number of hydrogen-bond donors (Lipinski definition) is 2. The van der Waals surface area contributed by atoms with Crippen LogP contribution in [0, 0.1) is 12.7 Å². The molecule has 0 unspecified atom stereocenters. The standard InChI is InChI=1S/C19H17ClF4N2O3/c1-3-29-17(28)18(19(22,23)24,25-13-7-8-14(20)15(21)10-13)26-16(27)12-6-4-5-11(2)9-12/h4-10,25H,3H2,1-2H3,(H,26,27)/t18-/m0/s1. The summed E-state index contributed by atoms with van der Waals surface area (Å²) in [5.41, 5.74) is -3.59. The van der Waals surface area contributed by atoms with Crippen LogP contribution in [0.25, 0.3) is 0 Å². The molecule has 0 aliphatic carbocycles. The normalized spacial score (nSPS) is 13.3. The molecule has 5 nitrogen and oxygen atoms in total. The maximum absolute atomic E-state index is 14.1. The van der Waals surface area contributed by atoms with E-state index in [9.17, 15) is 27.2 Å². The van der Waals surface area contributed by atoms with Gasteiger partial charge in [-0.05, 0) is 44.2 Å². The Hall–Kier alpha value is -2.81. The third-order valence-corrected chi connectivity index (χ3v) is 4.15. The van der Waals surface area contributed by atoms with Crippen LogP contribution in [0.4, 0.5) is 23.2 Å². The molecule has 0 aliphatic rings. The van der Waals surface area contributed by atoms with Gasteiger partial charge in [0.05, 0.1) is 11.6 Å². The van der Waals surface area contributed by atoms with E-state index in [0.717, 1.165) is 12.1 Å². The predicted molar refractivity (Wildman–Crippen MR) is 99.1 cm³/mol. The number of rotatable bonds is 6. The van der Waals surface area contributed by atoms with Gasteiger partial charge in [0, 0.05) is 11.3 Å². The van der Waals surface area contributed by atoms with Crippen LogP contribution in [0.5, 0.6) is 0 Å². The van der Waals surface area contributed by atoms with Crippen LogP contribution in [0.3, 0.4) is 0 Å². The summed E-state index contributed by atoms with van der Waals surface area (Å²) in [7, 11) is 0. The van der Waals surface area contributed by atoms with E-state index in [4.69, 9.17) is 11.6 Å². The van der Waals surface area contributed by atoms with E-state index in [1.807, 2.05) is 5.32 Å². The fourth-order valence-electron chi connectivity index (χ4n) is 2.45. The lowest BCUT2D eigenvalue weighted by Gasteiger charge is -2.35. The molecule has 1 amide bonds. The molecule has 0 spiro atoms. The van der Waals surface area contributed by atoms with Crippen molar-refractivity contribution in [3.63, 3.8) is 0 Å². The molecule has 10 heteroatoms. The van der Waals surface area contributed by atoms with Crippen LogP contribution in [0.15, 0.2) is 42.5 Å². The van der Waals surface area contributed by atoms with Crippen molar-refractivity contribution in [2.45, 2.75) is 25.7 Å². The Bertz CT molecular complexity index is 921. The fraction of sp³-hybridized carbons (Fsp3) is 0.263. The van der Waals surface area contributed by atoms with Crippen LogP contribution in [-0.4, -0.2) is 30.3 Å². The first-order chi connectivity index (χ1) is 13.5. The lowest BCUT2D eigenvalue weighted by molar-refractivity contribution is -0.204. The van der Waals surface area contributed by atoms with Crippen LogP contribution in [0.2, 0.25) is 5.02 Å². The van der Waals surface area contributed by atoms with Crippen molar-refractivity contribution in [2.24, 2.45) is 0 Å². The van der Waals surface area contributed by atoms with Crippen LogP contribution >= 0.6 is 11.6 Å². The van der Waals surface area contributed by atoms with Crippen LogP contribution in [0.1, 0.15) is 22.8 Å². The molecule has 0 heterocycles. The van der Waals surface area contributed by atoms with E-state index in [-0.39, 0.29) is 17.2 Å². The fourth-order valence-corrected chi connectivity index (χ4v) is 2.57. The Balaban J connectivity index is 2.54. The molecule has 0 aromatic heterocycles. The van der Waals surface area contributed by atoms with Crippen LogP contribution < -0.4 is 10.6 Å². The first kappa shape index (κ1) is 22.5. The number of carbonyl (C=O) groups excluding carboxylic acids is 2. The molecule has 29 heavy (non-hydrogen) atoms. The molecule has 1 atom stereocenters. The number of aryl methyl sites for hydroxylation is 1. The van der Waals surface area contributed by atoms with Gasteiger partial charge in [0.15, 0.2) is 0 Å². The number of alkyl halides is 3. The van der Waals surface area contributed by atoms with E-state index in [0.29, 0.717) is 11.6 Å². The van der Waals surface area contributed by atoms with Gasteiger partial charge in [-0.25, -0.2) is 9.18 Å². The number of esters is 1. The summed E-state index contributed by atoms with van der Waals surface area (Å²) in [5, 5.41) is 3.22. The van der Waals surface area contributed by atoms with Gasteiger partial charge in [0.25, 0.3) is 5.91 Å². The number of anilines is 1. The SMILES string of the molecule is CCOC(=O)[C@@](NC(=O)c1cccc(C)c1)(Nc1ccc(Cl)c(F)c1)C(F)(F)F. The maximum Gasteiger partial charge on any atom is 0.441 e. The summed E-state index contributed by atoms with van der Waals surface area (Å²) in [6.45, 7) is 2.57. The molecule has 0 aliphatic heterocycles. The predicted octanol–water partition coefficient (Wildman–Crippen LogP) is 4.45. The number of hydrogen-bond acceptors (Lipinski definition) is 4. The van der Waals surface area contributed by atoms with Crippen molar-refractivity contribution in [2.75, 3.05) is 11.9 Å². The zero-order valence-corrected chi connectivity index (χ0v) is 16.1. The average molecular weight is 433 g/mol. The summed E-state index contributed by atoms with van der Waals surface area (Å²) < 4.78 is 60.5. The molecule has 0 bridgehead atoms. The number of carbonyl (C=O) groups is 2. The quantitative estimate of drug-likeness (QED) is 0.402. The van der Waals surface area contributed by atoms with Crippen molar-refractivity contribution in [3.05, 3.63) is 64.4 Å². The Morgan fingerprint density at radius 2 is 1.83 bits per heavy atom. The number of ether oxygens (including phenoxy) is 1. The van der Waals surface area contributed by atoms with Gasteiger partial charge in [0.2, 0.25) is 0 Å². The zero-order chi connectivity index (χ0) is 21.8. The molecule has 0 radical (unpaired) electrons. The van der Waals surface area contributed by atoms with E-state index >= 15 is 0 Å². The molecule has 156 valence electrons. The first-order valence-corrected chi connectivity index (χ1v) is 8.74. The second-order valence-electron chi connectivity index (χ2n) is 6.05. The molecule has 0 saturated heterocycles. The van der Waals surface area contributed by atoms with Crippen molar-refractivity contribution < 1.29 is 31.9 Å². The topological polar surface area (TPSA) is 67.4 Å². The maximum atomic E-state index is 14.1. The van der Waals surface area contributed by atoms with Gasteiger partial charge in [-0.3, -0.25) is 4.79 Å². The summed E-state index contributed by atoms with van der Waals surface area (Å²) in [6.07, 6.45) is -5.34. The number of halogens is 5. The minimum Gasteiger partial charge on any atom is -0.463 e. The summed E-state index contributed by atoms with van der Waals surface area (Å²) in [6, 6.07) is 8.47. The smallest absolute Gasteiger partial charge is 0.441 e. The van der Waals surface area contributed by atoms with Gasteiger partial charge < -0.3 is 15.4 Å². The largest absolute Gasteiger partial charge is 0.463 e. The van der Waals surface area contributed by atoms with E-state index in [1.54, 1.807) is 18.3 Å². The molecule has 0 saturated carbocycles. The lowest BCUT2D eigenvalue weighted by atomic mass is 10.1. The van der Waals surface area contributed by atoms with Crippen molar-refractivity contribution in [1.29, 1.82) is 0 Å². The number of nitrogens with one attached hydrogen (secondary N) is 2. The Morgan fingerprint density at radius 3 is 2.38 bits per heavy atom. The van der Waals surface area contributed by atoms with Crippen molar-refractivity contribution in [3.8, 4) is 0 Å². The van der Waals surface area contributed by atoms with E-state index < -0.39 is 35.2 Å². The first-order valence-electron chi connectivity index (χ1n) is 8.36. The Kier molecular flexibility index (Phi) is 6.73. The second-order valence-corrected chi connectivity index (χ2v) is 6.45. The van der Waals surface area contributed by atoms with Gasteiger partial charge >= 0.3 is 17.8 Å². The number of benzene rings is 2. The molecule has 2 rings (SSSR count). The van der Waals surface area contributed by atoms with Gasteiger partial charge in [-0.2, -0.15) is 13.2 Å². The molecule has 2 aromatic rings. The van der Waals surface area contributed by atoms with E-state index in [2.05, 4.69) is 4.74 Å². The molecule has 2 aromatic carbocycles. The molecule has 2 N–H and O–H groups in total. The highest BCUT2D eigenvalue weighted by Crippen LogP contribution is 2.34. The molecular weight excluding hydrogens is 416 g/mol. The van der Waals surface area contributed by atoms with Crippen LogP contribution in [-0.2, 0) is 9.53 Å². The summed E-state index contributed by atoms with van der Waals surface area (Å²) in [4.78, 5) is 24.9. The Morgan fingerprint density at radius 1 is 1.14 bits per heavy atom. The highest BCUT2D eigenvalue weighted by molar-refractivity contribution is 6.30. The van der Waals surface area contributed by atoms with Crippen molar-refractivity contribution >= 4 is 29.2 Å². The van der Waals surface area contributed by atoms with Gasteiger partial charge in [-0.1, -0.05) is 29.3 Å².